The Morgan fingerprint density at radius 1 is 1.22 bits per heavy atom. The van der Waals surface area contributed by atoms with Gasteiger partial charge in [-0.1, -0.05) is 0 Å². The quantitative estimate of drug-likeness (QED) is 0.604. The van der Waals surface area contributed by atoms with Crippen LogP contribution in [-0.2, 0) is 19.5 Å². The Hall–Kier alpha value is -2.47. The predicted molar refractivity (Wildman–Crippen MR) is 120 cm³/mol. The highest BCUT2D eigenvalue weighted by molar-refractivity contribution is 7.89. The number of esters is 1. The van der Waals surface area contributed by atoms with Gasteiger partial charge in [0.05, 0.1) is 32.5 Å². The van der Waals surface area contributed by atoms with Crippen LogP contribution < -0.4 is 10.1 Å². The van der Waals surface area contributed by atoms with Gasteiger partial charge in [0.15, 0.2) is 0 Å². The van der Waals surface area contributed by atoms with E-state index in [0.717, 1.165) is 10.4 Å². The van der Waals surface area contributed by atoms with Crippen molar-refractivity contribution < 1.29 is 32.2 Å². The highest BCUT2D eigenvalue weighted by Gasteiger charge is 2.30. The molecule has 1 fully saturated rings. The second kappa shape index (κ2) is 9.99. The number of morpholine rings is 1. The van der Waals surface area contributed by atoms with Crippen molar-refractivity contribution in [1.29, 1.82) is 0 Å². The van der Waals surface area contributed by atoms with E-state index in [4.69, 9.17) is 14.2 Å². The van der Waals surface area contributed by atoms with Crippen LogP contribution in [0.15, 0.2) is 23.1 Å². The number of sulfonamides is 1. The number of hydrogen-bond donors (Lipinski definition) is 1. The smallest absolute Gasteiger partial charge is 0.341 e. The third kappa shape index (κ3) is 4.80. The molecule has 0 saturated carbocycles. The standard InChI is InChI=1S/C21H26N2O7S2/c1-5-30-21(25)18-13(2)14(3)31-20(18)22-19(24)15-6-7-16(28-4)17(12-15)32(26,27)23-8-10-29-11-9-23/h6-7,12H,5,8-11H2,1-4H3,(H,22,24). The maximum Gasteiger partial charge on any atom is 0.341 e. The van der Waals surface area contributed by atoms with Gasteiger partial charge in [-0.3, -0.25) is 4.79 Å². The van der Waals surface area contributed by atoms with Gasteiger partial charge in [0.2, 0.25) is 10.0 Å². The molecule has 0 atom stereocenters. The van der Waals surface area contributed by atoms with Crippen LogP contribution in [0.4, 0.5) is 5.00 Å². The van der Waals surface area contributed by atoms with E-state index in [-0.39, 0.29) is 35.9 Å². The van der Waals surface area contributed by atoms with E-state index in [1.807, 2.05) is 6.92 Å². The number of ether oxygens (including phenoxy) is 3. The van der Waals surface area contributed by atoms with E-state index in [0.29, 0.717) is 23.8 Å². The van der Waals surface area contributed by atoms with Crippen LogP contribution in [0.2, 0.25) is 0 Å². The molecule has 9 nitrogen and oxygen atoms in total. The van der Waals surface area contributed by atoms with E-state index in [1.165, 1.54) is 41.0 Å². The molecule has 1 amide bonds. The summed E-state index contributed by atoms with van der Waals surface area (Å²) in [5.74, 6) is -0.920. The molecule has 1 aromatic heterocycles. The summed E-state index contributed by atoms with van der Waals surface area (Å²) in [6, 6.07) is 4.21. The second-order valence-corrected chi connectivity index (χ2v) is 10.2. The molecular formula is C21H26N2O7S2. The van der Waals surface area contributed by atoms with E-state index >= 15 is 0 Å². The second-order valence-electron chi connectivity index (χ2n) is 7.04. The zero-order valence-corrected chi connectivity index (χ0v) is 20.0. The van der Waals surface area contributed by atoms with E-state index < -0.39 is 21.9 Å². The number of aryl methyl sites for hydroxylation is 1. The molecule has 3 rings (SSSR count). The van der Waals surface area contributed by atoms with Crippen molar-refractivity contribution in [2.24, 2.45) is 0 Å². The molecule has 0 bridgehead atoms. The first kappa shape index (κ1) is 24.2. The summed E-state index contributed by atoms with van der Waals surface area (Å²) in [5.41, 5.74) is 1.16. The molecule has 1 aliphatic rings. The average molecular weight is 483 g/mol. The number of carbonyl (C=O) groups excluding carboxylic acids is 2. The van der Waals surface area contributed by atoms with Crippen molar-refractivity contribution >= 4 is 38.2 Å². The van der Waals surface area contributed by atoms with Crippen LogP contribution in [0.1, 0.15) is 38.1 Å². The summed E-state index contributed by atoms with van der Waals surface area (Å²) < 4.78 is 43.2. The lowest BCUT2D eigenvalue weighted by Crippen LogP contribution is -2.40. The minimum atomic E-state index is -3.89. The van der Waals surface area contributed by atoms with Crippen LogP contribution in [0, 0.1) is 13.8 Å². The highest BCUT2D eigenvalue weighted by Crippen LogP contribution is 2.34. The topological polar surface area (TPSA) is 111 Å². The third-order valence-electron chi connectivity index (χ3n) is 5.11. The fourth-order valence-electron chi connectivity index (χ4n) is 3.28. The number of anilines is 1. The first-order valence-corrected chi connectivity index (χ1v) is 12.3. The summed E-state index contributed by atoms with van der Waals surface area (Å²) in [7, 11) is -2.52. The molecule has 1 aromatic carbocycles. The van der Waals surface area contributed by atoms with Crippen molar-refractivity contribution in [2.45, 2.75) is 25.7 Å². The summed E-state index contributed by atoms with van der Waals surface area (Å²) in [6.07, 6.45) is 0. The molecule has 2 heterocycles. The van der Waals surface area contributed by atoms with E-state index in [9.17, 15) is 18.0 Å². The molecule has 1 aliphatic heterocycles. The lowest BCUT2D eigenvalue weighted by atomic mass is 10.1. The van der Waals surface area contributed by atoms with Crippen LogP contribution in [0.5, 0.6) is 5.75 Å². The van der Waals surface area contributed by atoms with Gasteiger partial charge in [-0.15, -0.1) is 11.3 Å². The number of rotatable bonds is 7. The fraction of sp³-hybridized carbons (Fsp3) is 0.429. The van der Waals surface area contributed by atoms with Gasteiger partial charge in [-0.25, -0.2) is 13.2 Å². The van der Waals surface area contributed by atoms with E-state index in [1.54, 1.807) is 13.8 Å². The number of carbonyl (C=O) groups is 2. The molecule has 0 unspecified atom stereocenters. The molecule has 11 heteroatoms. The Balaban J connectivity index is 1.95. The Kier molecular flexibility index (Phi) is 7.55. The zero-order chi connectivity index (χ0) is 23.5. The molecule has 174 valence electrons. The van der Waals surface area contributed by atoms with Crippen LogP contribution in [0.25, 0.3) is 0 Å². The van der Waals surface area contributed by atoms with Crippen molar-refractivity contribution in [3.05, 3.63) is 39.8 Å². The Morgan fingerprint density at radius 3 is 2.53 bits per heavy atom. The van der Waals surface area contributed by atoms with Gasteiger partial charge < -0.3 is 19.5 Å². The van der Waals surface area contributed by atoms with Gasteiger partial charge in [0.1, 0.15) is 15.6 Å². The minimum absolute atomic E-state index is 0.0984. The zero-order valence-electron chi connectivity index (χ0n) is 18.4. The molecule has 32 heavy (non-hydrogen) atoms. The predicted octanol–water partition coefficient (Wildman–Crippen LogP) is 2.82. The molecular weight excluding hydrogens is 456 g/mol. The summed E-state index contributed by atoms with van der Waals surface area (Å²) in [6.45, 7) is 6.59. The molecule has 2 aromatic rings. The van der Waals surface area contributed by atoms with Crippen molar-refractivity contribution in [2.75, 3.05) is 45.3 Å². The highest BCUT2D eigenvalue weighted by atomic mass is 32.2. The number of benzene rings is 1. The maximum absolute atomic E-state index is 13.2. The fourth-order valence-corrected chi connectivity index (χ4v) is 5.92. The van der Waals surface area contributed by atoms with Crippen LogP contribution in [0.3, 0.4) is 0 Å². The molecule has 1 saturated heterocycles. The number of hydrogen-bond acceptors (Lipinski definition) is 8. The first-order chi connectivity index (χ1) is 15.2. The normalized spacial score (nSPS) is 14.8. The Morgan fingerprint density at radius 2 is 1.91 bits per heavy atom. The minimum Gasteiger partial charge on any atom is -0.495 e. The summed E-state index contributed by atoms with van der Waals surface area (Å²) in [5, 5.41) is 3.09. The molecule has 1 N–H and O–H groups in total. The van der Waals surface area contributed by atoms with Gasteiger partial charge in [-0.2, -0.15) is 4.31 Å². The number of nitrogens with one attached hydrogen (secondary N) is 1. The van der Waals surface area contributed by atoms with E-state index in [2.05, 4.69) is 5.32 Å². The Bertz CT molecular complexity index is 1120. The van der Waals surface area contributed by atoms with Crippen molar-refractivity contribution in [1.82, 2.24) is 4.31 Å². The van der Waals surface area contributed by atoms with Gasteiger partial charge in [0, 0.05) is 23.5 Å². The average Bonchev–Trinajstić information content (AvgIpc) is 3.06. The number of thiophene rings is 1. The molecule has 0 aliphatic carbocycles. The monoisotopic (exact) mass is 482 g/mol. The van der Waals surface area contributed by atoms with Gasteiger partial charge in [0.25, 0.3) is 5.91 Å². The molecule has 0 radical (unpaired) electrons. The summed E-state index contributed by atoms with van der Waals surface area (Å²) >= 11 is 1.26. The van der Waals surface area contributed by atoms with Gasteiger partial charge in [-0.05, 0) is 44.5 Å². The third-order valence-corrected chi connectivity index (χ3v) is 8.15. The van der Waals surface area contributed by atoms with Crippen molar-refractivity contribution in [3.8, 4) is 5.75 Å². The van der Waals surface area contributed by atoms with Crippen molar-refractivity contribution in [3.63, 3.8) is 0 Å². The SMILES string of the molecule is CCOC(=O)c1c(NC(=O)c2ccc(OC)c(S(=O)(=O)N3CCOCC3)c2)sc(C)c1C. The van der Waals surface area contributed by atoms with Crippen LogP contribution >= 0.6 is 11.3 Å². The lowest BCUT2D eigenvalue weighted by Gasteiger charge is -2.26. The molecule has 0 spiro atoms. The number of methoxy groups -OCH3 is 1. The first-order valence-electron chi connectivity index (χ1n) is 10.0. The largest absolute Gasteiger partial charge is 0.495 e. The maximum atomic E-state index is 13.2. The van der Waals surface area contributed by atoms with Crippen LogP contribution in [-0.4, -0.2) is 64.6 Å². The Labute approximate surface area is 191 Å². The van der Waals surface area contributed by atoms with Gasteiger partial charge >= 0.3 is 5.97 Å². The summed E-state index contributed by atoms with van der Waals surface area (Å²) in [4.78, 5) is 26.2. The lowest BCUT2D eigenvalue weighted by molar-refractivity contribution is 0.0527. The number of amides is 1. The number of nitrogens with zero attached hydrogens (tertiary/aromatic N) is 1.